The maximum Gasteiger partial charge on any atom is 0.453 e. The number of nitrogens with zero attached hydrogens (tertiary/aromatic N) is 1. The summed E-state index contributed by atoms with van der Waals surface area (Å²) in [7, 11) is 0. The van der Waals surface area contributed by atoms with E-state index in [1.165, 1.54) is 6.07 Å². The van der Waals surface area contributed by atoms with Crippen molar-refractivity contribution in [2.24, 2.45) is 0 Å². The van der Waals surface area contributed by atoms with Crippen LogP contribution in [-0.2, 0) is 0 Å². The molecule has 0 atom stereocenters. The lowest BCUT2D eigenvalue weighted by molar-refractivity contribution is -0.419. The average Bonchev–Trinajstić information content (AvgIpc) is 2.26. The summed E-state index contributed by atoms with van der Waals surface area (Å²) in [6, 6.07) is 3.01. The van der Waals surface area contributed by atoms with Crippen LogP contribution < -0.4 is 4.74 Å². The molecule has 0 amide bonds. The summed E-state index contributed by atoms with van der Waals surface area (Å²) >= 11 is 2.86. The van der Waals surface area contributed by atoms with Crippen LogP contribution >= 0.6 is 15.9 Å². The molecule has 6 nitrogen and oxygen atoms in total. The highest BCUT2D eigenvalue weighted by atomic mass is 79.9. The topological polar surface area (TPSA) is 111 Å². The molecule has 0 fully saturated rings. The van der Waals surface area contributed by atoms with Crippen molar-refractivity contribution in [2.45, 2.75) is 6.16 Å². The van der Waals surface area contributed by atoms with Crippen molar-refractivity contribution in [3.63, 3.8) is 0 Å². The number of ether oxygens (including phenoxy) is 1. The second-order valence-electron chi connectivity index (χ2n) is 3.17. The Hall–Kier alpha value is -1.53. The van der Waals surface area contributed by atoms with Crippen LogP contribution in [0, 0.1) is 17.1 Å². The number of Topliss-reactive ketones (excluding diaryl/α,β-unsaturated/α-hetero) is 1. The van der Waals surface area contributed by atoms with Crippen molar-refractivity contribution in [1.82, 2.24) is 0 Å². The summed E-state index contributed by atoms with van der Waals surface area (Å²) in [5.41, 5.74) is -0.683. The number of carbonyl (C=O) groups excluding carboxylic acids is 1. The molecule has 0 aromatic heterocycles. The third-order valence-corrected chi connectivity index (χ3v) is 2.37. The molecule has 0 spiro atoms. The van der Waals surface area contributed by atoms with Gasteiger partial charge in [-0.1, -0.05) is 15.9 Å². The van der Waals surface area contributed by atoms with Crippen molar-refractivity contribution in [3.05, 3.63) is 29.1 Å². The van der Waals surface area contributed by atoms with Gasteiger partial charge < -0.3 is 20.1 Å². The van der Waals surface area contributed by atoms with Crippen LogP contribution in [0.1, 0.15) is 15.9 Å². The van der Waals surface area contributed by atoms with Crippen LogP contribution in [0.5, 0.6) is 5.75 Å². The van der Waals surface area contributed by atoms with Crippen molar-refractivity contribution < 1.29 is 29.2 Å². The summed E-state index contributed by atoms with van der Waals surface area (Å²) in [6.45, 7) is 0. The van der Waals surface area contributed by atoms with Gasteiger partial charge in [-0.25, -0.2) is 4.39 Å². The molecule has 1 aromatic carbocycles. The highest BCUT2D eigenvalue weighted by Crippen LogP contribution is 2.25. The molecule has 3 N–H and O–H groups in total. The quantitative estimate of drug-likeness (QED) is 0.416. The predicted molar refractivity (Wildman–Crippen MR) is 59.3 cm³/mol. The predicted octanol–water partition coefficient (Wildman–Crippen LogP) is 0.242. The standard InChI is InChI=1S/C10H7BrFNO5/c11-3-8(14)6-1-5(4-13)7(12)2-9(6)18-10(15,16)17/h1-2,15-17H,3H2. The van der Waals surface area contributed by atoms with E-state index in [1.54, 1.807) is 0 Å². The number of carbonyl (C=O) groups is 1. The number of ketones is 1. The molecule has 0 aliphatic carbocycles. The van der Waals surface area contributed by atoms with Gasteiger partial charge in [-0.3, -0.25) is 4.79 Å². The molecule has 0 radical (unpaired) electrons. The van der Waals surface area contributed by atoms with Gasteiger partial charge in [-0.2, -0.15) is 5.26 Å². The fourth-order valence-electron chi connectivity index (χ4n) is 1.16. The molecule has 0 saturated carbocycles. The maximum absolute atomic E-state index is 13.3. The minimum Gasteiger partial charge on any atom is -0.416 e. The zero-order valence-corrected chi connectivity index (χ0v) is 10.3. The van der Waals surface area contributed by atoms with Gasteiger partial charge in [0.15, 0.2) is 5.78 Å². The van der Waals surface area contributed by atoms with E-state index in [0.29, 0.717) is 6.07 Å². The van der Waals surface area contributed by atoms with Gasteiger partial charge in [-0.15, -0.1) is 0 Å². The molecule has 0 saturated heterocycles. The highest BCUT2D eigenvalue weighted by molar-refractivity contribution is 9.09. The number of halogens is 2. The first-order valence-corrected chi connectivity index (χ1v) is 5.59. The van der Waals surface area contributed by atoms with Crippen molar-refractivity contribution >= 4 is 21.7 Å². The number of aliphatic hydroxyl groups is 3. The smallest absolute Gasteiger partial charge is 0.416 e. The van der Waals surface area contributed by atoms with Crippen molar-refractivity contribution in [3.8, 4) is 11.8 Å². The largest absolute Gasteiger partial charge is 0.453 e. The first-order chi connectivity index (χ1) is 8.28. The molecule has 0 aliphatic heterocycles. The number of alkyl halides is 1. The van der Waals surface area contributed by atoms with Crippen LogP contribution in [0.3, 0.4) is 0 Å². The first-order valence-electron chi connectivity index (χ1n) is 4.47. The van der Waals surface area contributed by atoms with Gasteiger partial charge in [0.2, 0.25) is 0 Å². The van der Waals surface area contributed by atoms with Crippen LogP contribution in [0.15, 0.2) is 12.1 Å². The van der Waals surface area contributed by atoms with Crippen molar-refractivity contribution in [1.29, 1.82) is 5.26 Å². The molecular formula is C10H7BrFNO5. The highest BCUT2D eigenvalue weighted by Gasteiger charge is 2.26. The number of benzene rings is 1. The lowest BCUT2D eigenvalue weighted by atomic mass is 10.1. The van der Waals surface area contributed by atoms with E-state index < -0.39 is 29.1 Å². The molecule has 8 heteroatoms. The molecule has 0 heterocycles. The van der Waals surface area contributed by atoms with Crippen LogP contribution in [-0.4, -0.2) is 32.6 Å². The van der Waals surface area contributed by atoms with Gasteiger partial charge in [0.1, 0.15) is 17.6 Å². The maximum atomic E-state index is 13.3. The van der Waals surface area contributed by atoms with Gasteiger partial charge in [-0.05, 0) is 6.07 Å². The molecule has 0 unspecified atom stereocenters. The molecule has 18 heavy (non-hydrogen) atoms. The van der Waals surface area contributed by atoms with Crippen LogP contribution in [0.2, 0.25) is 0 Å². The Morgan fingerprint density at radius 2 is 2.11 bits per heavy atom. The molecule has 1 aromatic rings. The normalized spacial score (nSPS) is 10.9. The monoisotopic (exact) mass is 319 g/mol. The zero-order valence-electron chi connectivity index (χ0n) is 8.72. The number of hydrogen-bond acceptors (Lipinski definition) is 6. The van der Waals surface area contributed by atoms with Gasteiger partial charge in [0.25, 0.3) is 0 Å². The third-order valence-electron chi connectivity index (χ3n) is 1.86. The number of rotatable bonds is 4. The van der Waals surface area contributed by atoms with Crippen LogP contribution in [0.4, 0.5) is 4.39 Å². The average molecular weight is 320 g/mol. The molecule has 1 rings (SSSR count). The Morgan fingerprint density at radius 3 is 2.56 bits per heavy atom. The van der Waals surface area contributed by atoms with E-state index in [0.717, 1.165) is 6.07 Å². The van der Waals surface area contributed by atoms with Gasteiger partial charge in [0.05, 0.1) is 16.5 Å². The Labute approximate surface area is 109 Å². The fourth-order valence-corrected chi connectivity index (χ4v) is 1.46. The summed E-state index contributed by atoms with van der Waals surface area (Å²) in [6.07, 6.45) is -3.55. The third kappa shape index (κ3) is 3.48. The lowest BCUT2D eigenvalue weighted by Gasteiger charge is -2.17. The minimum atomic E-state index is -3.55. The summed E-state index contributed by atoms with van der Waals surface area (Å²) in [5, 5.41) is 34.4. The van der Waals surface area contributed by atoms with Gasteiger partial charge in [0, 0.05) is 6.07 Å². The SMILES string of the molecule is N#Cc1cc(C(=O)CBr)c(OC(O)(O)O)cc1F. The number of hydrogen-bond donors (Lipinski definition) is 3. The number of nitriles is 1. The van der Waals surface area contributed by atoms with E-state index in [2.05, 4.69) is 20.7 Å². The van der Waals surface area contributed by atoms with E-state index in [-0.39, 0.29) is 10.9 Å². The zero-order chi connectivity index (χ0) is 13.9. The summed E-state index contributed by atoms with van der Waals surface area (Å²) < 4.78 is 17.5. The van der Waals surface area contributed by atoms with E-state index in [9.17, 15) is 9.18 Å². The molecular weight excluding hydrogens is 313 g/mol. The minimum absolute atomic E-state index is 0.158. The molecule has 0 aliphatic rings. The van der Waals surface area contributed by atoms with E-state index in [4.69, 9.17) is 20.6 Å². The summed E-state index contributed by atoms with van der Waals surface area (Å²) in [4.78, 5) is 11.5. The second-order valence-corrected chi connectivity index (χ2v) is 3.73. The Kier molecular flexibility index (Phi) is 4.37. The Bertz CT molecular complexity index is 520. The van der Waals surface area contributed by atoms with E-state index in [1.807, 2.05) is 0 Å². The Morgan fingerprint density at radius 1 is 1.50 bits per heavy atom. The lowest BCUT2D eigenvalue weighted by Crippen LogP contribution is -2.35. The summed E-state index contributed by atoms with van der Waals surface area (Å²) in [5.74, 6) is -2.21. The Balaban J connectivity index is 3.35. The fraction of sp³-hybridized carbons (Fsp3) is 0.200. The van der Waals surface area contributed by atoms with E-state index >= 15 is 0 Å². The molecule has 96 valence electrons. The second kappa shape index (κ2) is 5.41. The van der Waals surface area contributed by atoms with Crippen molar-refractivity contribution in [2.75, 3.05) is 5.33 Å². The van der Waals surface area contributed by atoms with Gasteiger partial charge >= 0.3 is 6.16 Å². The first kappa shape index (κ1) is 14.5. The van der Waals surface area contributed by atoms with Crippen LogP contribution in [0.25, 0.3) is 0 Å². The molecule has 0 bridgehead atoms.